The van der Waals surface area contributed by atoms with Crippen LogP contribution in [0.1, 0.15) is 31.7 Å². The Balaban J connectivity index is 2.14. The van der Waals surface area contributed by atoms with Crippen LogP contribution in [0.3, 0.4) is 0 Å². The molecule has 1 aliphatic carbocycles. The number of methoxy groups -OCH3 is 2. The summed E-state index contributed by atoms with van der Waals surface area (Å²) in [6.45, 7) is 4.98. The van der Waals surface area contributed by atoms with E-state index in [1.165, 1.54) is 24.8 Å². The molecule has 4 heteroatoms. The summed E-state index contributed by atoms with van der Waals surface area (Å²) < 4.78 is 10.7. The monoisotopic (exact) mass is 292 g/mol. The van der Waals surface area contributed by atoms with E-state index in [1.807, 2.05) is 6.07 Å². The lowest BCUT2D eigenvalue weighted by molar-refractivity contribution is 0.162. The van der Waals surface area contributed by atoms with Crippen LogP contribution in [0.4, 0.5) is 0 Å². The number of rotatable bonds is 7. The maximum absolute atomic E-state index is 5.93. The van der Waals surface area contributed by atoms with Gasteiger partial charge in [-0.3, -0.25) is 4.90 Å². The van der Waals surface area contributed by atoms with Gasteiger partial charge in [-0.25, -0.2) is 0 Å². The van der Waals surface area contributed by atoms with Crippen LogP contribution in [0.2, 0.25) is 0 Å². The second kappa shape index (κ2) is 7.66. The van der Waals surface area contributed by atoms with E-state index in [0.717, 1.165) is 31.1 Å². The van der Waals surface area contributed by atoms with Gasteiger partial charge in [0.2, 0.25) is 0 Å². The molecule has 0 bridgehead atoms. The maximum Gasteiger partial charge on any atom is 0.122 e. The lowest BCUT2D eigenvalue weighted by Crippen LogP contribution is -2.39. The molecule has 2 N–H and O–H groups in total. The minimum absolute atomic E-state index is 0.609. The first-order chi connectivity index (χ1) is 10.2. The minimum Gasteiger partial charge on any atom is -0.497 e. The summed E-state index contributed by atoms with van der Waals surface area (Å²) in [7, 11) is 3.38. The fourth-order valence-electron chi connectivity index (χ4n) is 3.43. The van der Waals surface area contributed by atoms with Crippen LogP contribution >= 0.6 is 0 Å². The van der Waals surface area contributed by atoms with Gasteiger partial charge in [0.15, 0.2) is 0 Å². The highest BCUT2D eigenvalue weighted by Crippen LogP contribution is 2.31. The van der Waals surface area contributed by atoms with Crippen molar-refractivity contribution < 1.29 is 9.47 Å². The van der Waals surface area contributed by atoms with Gasteiger partial charge in [0.05, 0.1) is 14.2 Å². The highest BCUT2D eigenvalue weighted by atomic mass is 16.5. The number of nitrogens with two attached hydrogens (primary N) is 1. The van der Waals surface area contributed by atoms with Crippen molar-refractivity contribution in [2.75, 3.05) is 27.3 Å². The highest BCUT2D eigenvalue weighted by molar-refractivity contribution is 5.38. The topological polar surface area (TPSA) is 47.7 Å². The third-order valence-corrected chi connectivity index (χ3v) is 4.59. The van der Waals surface area contributed by atoms with E-state index >= 15 is 0 Å². The third kappa shape index (κ3) is 3.89. The molecule has 0 heterocycles. The molecule has 1 saturated carbocycles. The largest absolute Gasteiger partial charge is 0.497 e. The van der Waals surface area contributed by atoms with E-state index in [0.29, 0.717) is 12.0 Å². The summed E-state index contributed by atoms with van der Waals surface area (Å²) in [6, 6.07) is 6.71. The van der Waals surface area contributed by atoms with E-state index in [-0.39, 0.29) is 0 Å². The van der Waals surface area contributed by atoms with Crippen LogP contribution in [0.5, 0.6) is 11.5 Å². The van der Waals surface area contributed by atoms with E-state index in [4.69, 9.17) is 15.2 Å². The molecule has 1 aliphatic rings. The standard InChI is InChI=1S/C17H28N2O2/c1-4-19(17-7-5-6-14(17)11-18)12-13-8-15(20-2)10-16(9-13)21-3/h8-10,14,17H,4-7,11-12,18H2,1-3H3. The molecule has 0 amide bonds. The Bertz CT molecular complexity index is 428. The van der Waals surface area contributed by atoms with Crippen LogP contribution in [-0.4, -0.2) is 38.3 Å². The van der Waals surface area contributed by atoms with E-state index in [9.17, 15) is 0 Å². The fourth-order valence-corrected chi connectivity index (χ4v) is 3.43. The summed E-state index contributed by atoms with van der Waals surface area (Å²) in [5.74, 6) is 2.34. The lowest BCUT2D eigenvalue weighted by atomic mass is 10.0. The van der Waals surface area contributed by atoms with Crippen LogP contribution in [0.15, 0.2) is 18.2 Å². The molecule has 2 unspecified atom stereocenters. The van der Waals surface area contributed by atoms with E-state index in [2.05, 4.69) is 24.0 Å². The fraction of sp³-hybridized carbons (Fsp3) is 0.647. The maximum atomic E-state index is 5.93. The van der Waals surface area contributed by atoms with Crippen molar-refractivity contribution in [3.63, 3.8) is 0 Å². The Morgan fingerprint density at radius 3 is 2.33 bits per heavy atom. The first-order valence-corrected chi connectivity index (χ1v) is 7.87. The molecule has 2 atom stereocenters. The Labute approximate surface area is 128 Å². The van der Waals surface area contributed by atoms with Crippen molar-refractivity contribution in [3.8, 4) is 11.5 Å². The Morgan fingerprint density at radius 1 is 1.14 bits per heavy atom. The summed E-state index contributed by atoms with van der Waals surface area (Å²) in [6.07, 6.45) is 3.82. The second-order valence-corrected chi connectivity index (χ2v) is 5.78. The van der Waals surface area contributed by atoms with Gasteiger partial charge in [0, 0.05) is 18.7 Å². The number of hydrogen-bond acceptors (Lipinski definition) is 4. The predicted octanol–water partition coefficient (Wildman–Crippen LogP) is 2.65. The zero-order valence-corrected chi connectivity index (χ0v) is 13.5. The second-order valence-electron chi connectivity index (χ2n) is 5.78. The molecule has 2 rings (SSSR count). The predicted molar refractivity (Wildman–Crippen MR) is 85.8 cm³/mol. The number of hydrogen-bond donors (Lipinski definition) is 1. The van der Waals surface area contributed by atoms with E-state index in [1.54, 1.807) is 14.2 Å². The van der Waals surface area contributed by atoms with Crippen molar-refractivity contribution in [3.05, 3.63) is 23.8 Å². The molecule has 0 aromatic heterocycles. The normalized spacial score (nSPS) is 21.8. The molecule has 118 valence electrons. The Hall–Kier alpha value is -1.26. The van der Waals surface area contributed by atoms with Gasteiger partial charge in [-0.2, -0.15) is 0 Å². The SMILES string of the molecule is CCN(Cc1cc(OC)cc(OC)c1)C1CCCC1CN. The summed E-state index contributed by atoms with van der Waals surface area (Å²) >= 11 is 0. The molecule has 1 aromatic carbocycles. The molecule has 0 saturated heterocycles. The Morgan fingerprint density at radius 2 is 1.81 bits per heavy atom. The van der Waals surface area contributed by atoms with Crippen LogP contribution in [-0.2, 0) is 6.54 Å². The zero-order chi connectivity index (χ0) is 15.2. The lowest BCUT2D eigenvalue weighted by Gasteiger charge is -2.32. The highest BCUT2D eigenvalue weighted by Gasteiger charge is 2.30. The average molecular weight is 292 g/mol. The van der Waals surface area contributed by atoms with Gasteiger partial charge >= 0.3 is 0 Å². The minimum atomic E-state index is 0.609. The molecule has 1 fully saturated rings. The molecule has 4 nitrogen and oxygen atoms in total. The van der Waals surface area contributed by atoms with Gasteiger partial charge in [-0.1, -0.05) is 13.3 Å². The van der Waals surface area contributed by atoms with Gasteiger partial charge in [0.25, 0.3) is 0 Å². The van der Waals surface area contributed by atoms with Crippen molar-refractivity contribution in [1.29, 1.82) is 0 Å². The van der Waals surface area contributed by atoms with Crippen LogP contribution < -0.4 is 15.2 Å². The number of ether oxygens (including phenoxy) is 2. The molecule has 0 spiro atoms. The Kier molecular flexibility index (Phi) is 5.88. The number of nitrogens with zero attached hydrogens (tertiary/aromatic N) is 1. The van der Waals surface area contributed by atoms with E-state index < -0.39 is 0 Å². The summed E-state index contributed by atoms with van der Waals surface area (Å²) in [5.41, 5.74) is 7.17. The summed E-state index contributed by atoms with van der Waals surface area (Å²) in [4.78, 5) is 2.54. The zero-order valence-electron chi connectivity index (χ0n) is 13.5. The van der Waals surface area contributed by atoms with Gasteiger partial charge in [-0.05, 0) is 49.5 Å². The van der Waals surface area contributed by atoms with Crippen LogP contribution in [0.25, 0.3) is 0 Å². The molecule has 0 radical (unpaired) electrons. The smallest absolute Gasteiger partial charge is 0.122 e. The van der Waals surface area contributed by atoms with Crippen molar-refractivity contribution in [1.82, 2.24) is 4.90 Å². The first kappa shape index (κ1) is 16.1. The van der Waals surface area contributed by atoms with Gasteiger partial charge in [0.1, 0.15) is 11.5 Å². The van der Waals surface area contributed by atoms with Gasteiger partial charge in [-0.15, -0.1) is 0 Å². The van der Waals surface area contributed by atoms with Crippen LogP contribution in [0, 0.1) is 5.92 Å². The third-order valence-electron chi connectivity index (χ3n) is 4.59. The average Bonchev–Trinajstić information content (AvgIpc) is 3.00. The summed E-state index contributed by atoms with van der Waals surface area (Å²) in [5, 5.41) is 0. The number of benzene rings is 1. The van der Waals surface area contributed by atoms with Crippen molar-refractivity contribution in [2.45, 2.75) is 38.8 Å². The molecular formula is C17H28N2O2. The molecule has 21 heavy (non-hydrogen) atoms. The molecular weight excluding hydrogens is 264 g/mol. The quantitative estimate of drug-likeness (QED) is 0.839. The van der Waals surface area contributed by atoms with Gasteiger partial charge < -0.3 is 15.2 Å². The molecule has 0 aliphatic heterocycles. The van der Waals surface area contributed by atoms with Crippen molar-refractivity contribution >= 4 is 0 Å². The first-order valence-electron chi connectivity index (χ1n) is 7.87. The van der Waals surface area contributed by atoms with Crippen molar-refractivity contribution in [2.24, 2.45) is 11.7 Å². The molecule has 1 aromatic rings.